The maximum absolute atomic E-state index is 4.32. The van der Waals surface area contributed by atoms with Crippen molar-refractivity contribution in [2.45, 2.75) is 26.2 Å². The van der Waals surface area contributed by atoms with Gasteiger partial charge in [0.2, 0.25) is 4.96 Å². The Hall–Kier alpha value is -0.970. The lowest BCUT2D eigenvalue weighted by molar-refractivity contribution is 0.769. The molecule has 64 valence electrons. The van der Waals surface area contributed by atoms with E-state index in [9.17, 15) is 0 Å². The highest BCUT2D eigenvalue weighted by molar-refractivity contribution is 7.16. The predicted octanol–water partition coefficient (Wildman–Crippen LogP) is 1.53. The number of hydrogen-bond acceptors (Lipinski definition) is 4. The quantitative estimate of drug-likeness (QED) is 0.723. The van der Waals surface area contributed by atoms with Gasteiger partial charge in [-0.05, 0) is 6.42 Å². The SMILES string of the molecule is CCCCc1nn2cnnc2s1. The third kappa shape index (κ3) is 1.32. The van der Waals surface area contributed by atoms with E-state index in [1.54, 1.807) is 22.2 Å². The number of unbranched alkanes of at least 4 members (excludes halogenated alkanes) is 1. The molecule has 0 aliphatic rings. The third-order valence-electron chi connectivity index (χ3n) is 1.67. The van der Waals surface area contributed by atoms with Crippen LogP contribution in [0.4, 0.5) is 0 Å². The molecule has 2 aromatic rings. The summed E-state index contributed by atoms with van der Waals surface area (Å²) in [5, 5.41) is 13.1. The predicted molar refractivity (Wildman–Crippen MR) is 47.3 cm³/mol. The molecule has 12 heavy (non-hydrogen) atoms. The first-order chi connectivity index (χ1) is 5.90. The van der Waals surface area contributed by atoms with E-state index in [0.717, 1.165) is 16.4 Å². The molecule has 0 spiro atoms. The zero-order valence-electron chi connectivity index (χ0n) is 6.90. The van der Waals surface area contributed by atoms with Crippen molar-refractivity contribution in [3.63, 3.8) is 0 Å². The zero-order valence-corrected chi connectivity index (χ0v) is 7.71. The van der Waals surface area contributed by atoms with Gasteiger partial charge in [-0.25, -0.2) is 0 Å². The first-order valence-electron chi connectivity index (χ1n) is 4.06. The second kappa shape index (κ2) is 3.18. The van der Waals surface area contributed by atoms with Crippen molar-refractivity contribution >= 4 is 16.3 Å². The minimum absolute atomic E-state index is 0.890. The van der Waals surface area contributed by atoms with Crippen LogP contribution in [0.15, 0.2) is 6.33 Å². The number of fused-ring (bicyclic) bond motifs is 1. The summed E-state index contributed by atoms with van der Waals surface area (Å²) in [7, 11) is 0. The normalized spacial score (nSPS) is 11.1. The van der Waals surface area contributed by atoms with Gasteiger partial charge in [-0.2, -0.15) is 9.61 Å². The fourth-order valence-corrected chi connectivity index (χ4v) is 1.89. The van der Waals surface area contributed by atoms with E-state index < -0.39 is 0 Å². The molecular weight excluding hydrogens is 172 g/mol. The average Bonchev–Trinajstić information content (AvgIpc) is 2.58. The monoisotopic (exact) mass is 182 g/mol. The number of hydrogen-bond donors (Lipinski definition) is 0. The minimum Gasteiger partial charge on any atom is -0.190 e. The van der Waals surface area contributed by atoms with Crippen molar-refractivity contribution < 1.29 is 0 Å². The molecular formula is C7H10N4S. The Bertz CT molecular complexity index is 336. The fraction of sp³-hybridized carbons (Fsp3) is 0.571. The van der Waals surface area contributed by atoms with Crippen molar-refractivity contribution in [1.29, 1.82) is 0 Å². The molecule has 2 rings (SSSR count). The Morgan fingerprint density at radius 1 is 1.58 bits per heavy atom. The van der Waals surface area contributed by atoms with E-state index >= 15 is 0 Å². The van der Waals surface area contributed by atoms with E-state index in [1.165, 1.54) is 12.8 Å². The summed E-state index contributed by atoms with van der Waals surface area (Å²) in [5.41, 5.74) is 0. The average molecular weight is 182 g/mol. The fourth-order valence-electron chi connectivity index (χ4n) is 1.03. The summed E-state index contributed by atoms with van der Waals surface area (Å²) < 4.78 is 1.73. The van der Waals surface area contributed by atoms with E-state index in [0.29, 0.717) is 0 Å². The van der Waals surface area contributed by atoms with Crippen LogP contribution >= 0.6 is 11.3 Å². The second-order valence-corrected chi connectivity index (χ2v) is 3.70. The second-order valence-electron chi connectivity index (χ2n) is 2.66. The van der Waals surface area contributed by atoms with Crippen LogP contribution in [0.25, 0.3) is 4.96 Å². The summed E-state index contributed by atoms with van der Waals surface area (Å²) in [6, 6.07) is 0. The van der Waals surface area contributed by atoms with Gasteiger partial charge in [-0.1, -0.05) is 24.7 Å². The molecule has 0 N–H and O–H groups in total. The molecule has 5 heteroatoms. The summed E-state index contributed by atoms with van der Waals surface area (Å²) in [6.45, 7) is 2.18. The topological polar surface area (TPSA) is 43.1 Å². The highest BCUT2D eigenvalue weighted by atomic mass is 32.1. The Labute approximate surface area is 74.2 Å². The van der Waals surface area contributed by atoms with Gasteiger partial charge < -0.3 is 0 Å². The summed E-state index contributed by atoms with van der Waals surface area (Å²) in [4.78, 5) is 0.890. The van der Waals surface area contributed by atoms with Crippen LogP contribution < -0.4 is 0 Å². The Morgan fingerprint density at radius 3 is 3.25 bits per heavy atom. The lowest BCUT2D eigenvalue weighted by Crippen LogP contribution is -1.86. The van der Waals surface area contributed by atoms with E-state index in [4.69, 9.17) is 0 Å². The van der Waals surface area contributed by atoms with Gasteiger partial charge in [0.25, 0.3) is 0 Å². The van der Waals surface area contributed by atoms with Crippen LogP contribution in [-0.2, 0) is 6.42 Å². The molecule has 0 aliphatic heterocycles. The number of aromatic nitrogens is 4. The molecule has 2 heterocycles. The van der Waals surface area contributed by atoms with Crippen LogP contribution in [0.2, 0.25) is 0 Å². The maximum Gasteiger partial charge on any atom is 0.234 e. The Morgan fingerprint density at radius 2 is 2.50 bits per heavy atom. The molecule has 0 saturated carbocycles. The molecule has 0 radical (unpaired) electrons. The lowest BCUT2D eigenvalue weighted by Gasteiger charge is -1.88. The van der Waals surface area contributed by atoms with Gasteiger partial charge in [-0.3, -0.25) is 0 Å². The van der Waals surface area contributed by atoms with Crippen molar-refractivity contribution in [3.05, 3.63) is 11.3 Å². The molecule has 0 aliphatic carbocycles. The summed E-state index contributed by atoms with van der Waals surface area (Å²) in [6.07, 6.45) is 5.11. The van der Waals surface area contributed by atoms with Gasteiger partial charge in [-0.15, -0.1) is 10.2 Å². The summed E-state index contributed by atoms with van der Waals surface area (Å²) in [5.74, 6) is 0. The molecule has 4 nitrogen and oxygen atoms in total. The molecule has 2 aromatic heterocycles. The Kier molecular flexibility index (Phi) is 2.03. The highest BCUT2D eigenvalue weighted by Crippen LogP contribution is 2.13. The number of aryl methyl sites for hydroxylation is 1. The minimum atomic E-state index is 0.890. The van der Waals surface area contributed by atoms with E-state index in [2.05, 4.69) is 22.2 Å². The van der Waals surface area contributed by atoms with Gasteiger partial charge in [0.1, 0.15) is 11.3 Å². The van der Waals surface area contributed by atoms with E-state index in [1.807, 2.05) is 0 Å². The van der Waals surface area contributed by atoms with Crippen LogP contribution in [-0.4, -0.2) is 19.8 Å². The Balaban J connectivity index is 2.21. The summed E-state index contributed by atoms with van der Waals surface area (Å²) >= 11 is 1.62. The zero-order chi connectivity index (χ0) is 8.39. The van der Waals surface area contributed by atoms with Crippen LogP contribution in [0.1, 0.15) is 24.8 Å². The molecule has 0 fully saturated rings. The van der Waals surface area contributed by atoms with Gasteiger partial charge >= 0.3 is 0 Å². The first-order valence-corrected chi connectivity index (χ1v) is 4.87. The first kappa shape index (κ1) is 7.67. The standard InChI is InChI=1S/C7H10N4S/c1-2-3-4-6-10-11-5-8-9-7(11)12-6/h5H,2-4H2,1H3. The molecule has 0 atom stereocenters. The number of rotatable bonds is 3. The van der Waals surface area contributed by atoms with Crippen molar-refractivity contribution in [2.24, 2.45) is 0 Å². The van der Waals surface area contributed by atoms with Gasteiger partial charge in [0.15, 0.2) is 0 Å². The van der Waals surface area contributed by atoms with Gasteiger partial charge in [0, 0.05) is 6.42 Å². The largest absolute Gasteiger partial charge is 0.234 e. The van der Waals surface area contributed by atoms with Crippen LogP contribution in [0, 0.1) is 0 Å². The van der Waals surface area contributed by atoms with E-state index in [-0.39, 0.29) is 0 Å². The van der Waals surface area contributed by atoms with Crippen LogP contribution in [0.3, 0.4) is 0 Å². The molecule has 0 unspecified atom stereocenters. The highest BCUT2D eigenvalue weighted by Gasteiger charge is 2.03. The van der Waals surface area contributed by atoms with Crippen molar-refractivity contribution in [1.82, 2.24) is 19.8 Å². The van der Waals surface area contributed by atoms with Crippen molar-refractivity contribution in [2.75, 3.05) is 0 Å². The lowest BCUT2D eigenvalue weighted by atomic mass is 10.3. The molecule has 0 aromatic carbocycles. The van der Waals surface area contributed by atoms with Gasteiger partial charge in [0.05, 0.1) is 0 Å². The molecule has 0 amide bonds. The molecule has 0 saturated heterocycles. The smallest absolute Gasteiger partial charge is 0.190 e. The van der Waals surface area contributed by atoms with Crippen molar-refractivity contribution in [3.8, 4) is 0 Å². The maximum atomic E-state index is 4.32. The molecule has 0 bridgehead atoms. The number of nitrogens with zero attached hydrogens (tertiary/aromatic N) is 4. The third-order valence-corrected chi connectivity index (χ3v) is 2.65. The van der Waals surface area contributed by atoms with Crippen LogP contribution in [0.5, 0.6) is 0 Å².